The Morgan fingerprint density at radius 1 is 1.00 bits per heavy atom. The lowest BCUT2D eigenvalue weighted by Gasteiger charge is -2.09. The smallest absolute Gasteiger partial charge is 0.267 e. The first-order chi connectivity index (χ1) is 14.6. The van der Waals surface area contributed by atoms with E-state index in [-0.39, 0.29) is 5.91 Å². The Bertz CT molecular complexity index is 1170. The lowest BCUT2D eigenvalue weighted by molar-refractivity contribution is 0.103. The van der Waals surface area contributed by atoms with E-state index in [4.69, 9.17) is 21.1 Å². The minimum Gasteiger partial charge on any atom is -0.497 e. The molecule has 1 amide bonds. The molecule has 6 heteroatoms. The van der Waals surface area contributed by atoms with E-state index in [2.05, 4.69) is 17.4 Å². The molecule has 0 aliphatic rings. The van der Waals surface area contributed by atoms with Gasteiger partial charge in [0.25, 0.3) is 5.91 Å². The molecular weight excluding hydrogens is 418 g/mol. The normalized spacial score (nSPS) is 10.7. The summed E-state index contributed by atoms with van der Waals surface area (Å²) in [5.41, 5.74) is 1.88. The highest BCUT2D eigenvalue weighted by Gasteiger charge is 2.18. The molecule has 0 radical (unpaired) electrons. The zero-order valence-electron chi connectivity index (χ0n) is 16.4. The maximum Gasteiger partial charge on any atom is 0.267 e. The highest BCUT2D eigenvalue weighted by molar-refractivity contribution is 7.21. The molecule has 0 spiro atoms. The number of carbonyl (C=O) groups excluding carboxylic acids is 1. The summed E-state index contributed by atoms with van der Waals surface area (Å²) in [7, 11) is 1.61. The average molecular weight is 438 g/mol. The van der Waals surface area contributed by atoms with Gasteiger partial charge in [0.2, 0.25) is 0 Å². The standard InChI is InChI=1S/C24H20ClNO3S/c1-28-18-10-11-20-21(15-18)30-23(22(20)25)24(27)26-17-8-5-9-19(14-17)29-13-12-16-6-3-2-4-7-16/h2-11,14-15H,12-13H2,1H3,(H,26,27). The predicted molar refractivity (Wildman–Crippen MR) is 123 cm³/mol. The number of benzene rings is 3. The lowest BCUT2D eigenvalue weighted by atomic mass is 10.2. The fraction of sp³-hybridized carbons (Fsp3) is 0.125. The Kier molecular flexibility index (Phi) is 6.21. The molecule has 1 aromatic heterocycles. The van der Waals surface area contributed by atoms with Crippen LogP contribution in [-0.4, -0.2) is 19.6 Å². The molecule has 0 atom stereocenters. The van der Waals surface area contributed by atoms with Gasteiger partial charge in [-0.1, -0.05) is 48.0 Å². The molecule has 1 heterocycles. The second-order valence-electron chi connectivity index (χ2n) is 6.67. The van der Waals surface area contributed by atoms with E-state index in [9.17, 15) is 4.79 Å². The van der Waals surface area contributed by atoms with Crippen molar-refractivity contribution < 1.29 is 14.3 Å². The topological polar surface area (TPSA) is 47.6 Å². The lowest BCUT2D eigenvalue weighted by Crippen LogP contribution is -2.10. The van der Waals surface area contributed by atoms with Crippen molar-refractivity contribution in [1.82, 2.24) is 0 Å². The van der Waals surface area contributed by atoms with Crippen LogP contribution in [0.15, 0.2) is 72.8 Å². The fourth-order valence-electron chi connectivity index (χ4n) is 3.10. The summed E-state index contributed by atoms with van der Waals surface area (Å²) in [6.07, 6.45) is 0.818. The number of rotatable bonds is 7. The van der Waals surface area contributed by atoms with Crippen molar-refractivity contribution in [3.8, 4) is 11.5 Å². The maximum atomic E-state index is 12.8. The van der Waals surface area contributed by atoms with Crippen LogP contribution in [0.25, 0.3) is 10.1 Å². The molecule has 0 unspecified atom stereocenters. The van der Waals surface area contributed by atoms with Gasteiger partial charge < -0.3 is 14.8 Å². The Labute approximate surface area is 184 Å². The monoisotopic (exact) mass is 437 g/mol. The molecule has 1 N–H and O–H groups in total. The number of thiophene rings is 1. The zero-order valence-corrected chi connectivity index (χ0v) is 17.9. The van der Waals surface area contributed by atoms with Crippen LogP contribution in [0.2, 0.25) is 5.02 Å². The van der Waals surface area contributed by atoms with Crippen molar-refractivity contribution in [2.24, 2.45) is 0 Å². The summed E-state index contributed by atoms with van der Waals surface area (Å²) in [5.74, 6) is 1.19. The zero-order chi connectivity index (χ0) is 20.9. The van der Waals surface area contributed by atoms with E-state index in [1.807, 2.05) is 60.7 Å². The van der Waals surface area contributed by atoms with Crippen molar-refractivity contribution in [2.45, 2.75) is 6.42 Å². The number of nitrogens with one attached hydrogen (secondary N) is 1. The molecule has 0 bridgehead atoms. The van der Waals surface area contributed by atoms with Crippen molar-refractivity contribution >= 4 is 44.6 Å². The van der Waals surface area contributed by atoms with Crippen LogP contribution < -0.4 is 14.8 Å². The summed E-state index contributed by atoms with van der Waals surface area (Å²) in [5, 5.41) is 4.20. The van der Waals surface area contributed by atoms with Gasteiger partial charge in [0, 0.05) is 28.3 Å². The number of carbonyl (C=O) groups is 1. The molecule has 4 nitrogen and oxygen atoms in total. The summed E-state index contributed by atoms with van der Waals surface area (Å²) < 4.78 is 12.0. The largest absolute Gasteiger partial charge is 0.497 e. The van der Waals surface area contributed by atoms with E-state index in [1.165, 1.54) is 16.9 Å². The Balaban J connectivity index is 1.44. The third-order valence-corrected chi connectivity index (χ3v) is 6.29. The number of amides is 1. The molecule has 0 saturated carbocycles. The van der Waals surface area contributed by atoms with Gasteiger partial charge in [-0.15, -0.1) is 11.3 Å². The first kappa shape index (κ1) is 20.3. The van der Waals surface area contributed by atoms with Gasteiger partial charge in [0.05, 0.1) is 18.7 Å². The van der Waals surface area contributed by atoms with Gasteiger partial charge in [-0.3, -0.25) is 4.79 Å². The summed E-state index contributed by atoms with van der Waals surface area (Å²) >= 11 is 7.80. The number of ether oxygens (including phenoxy) is 2. The van der Waals surface area contributed by atoms with Crippen molar-refractivity contribution in [3.05, 3.63) is 88.3 Å². The third kappa shape index (κ3) is 4.58. The molecule has 0 aliphatic heterocycles. The van der Waals surface area contributed by atoms with Crippen molar-refractivity contribution in [1.29, 1.82) is 0 Å². The number of halogens is 1. The molecular formula is C24H20ClNO3S. The second kappa shape index (κ2) is 9.20. The summed E-state index contributed by atoms with van der Waals surface area (Å²) in [6, 6.07) is 23.1. The van der Waals surface area contributed by atoms with Crippen LogP contribution in [0.4, 0.5) is 5.69 Å². The molecule has 4 rings (SSSR count). The average Bonchev–Trinajstić information content (AvgIpc) is 3.10. The number of methoxy groups -OCH3 is 1. The molecule has 0 saturated heterocycles. The highest BCUT2D eigenvalue weighted by atomic mass is 35.5. The van der Waals surface area contributed by atoms with Crippen LogP contribution in [-0.2, 0) is 6.42 Å². The summed E-state index contributed by atoms with van der Waals surface area (Å²) in [4.78, 5) is 13.3. The van der Waals surface area contributed by atoms with Crippen LogP contribution >= 0.6 is 22.9 Å². The highest BCUT2D eigenvalue weighted by Crippen LogP contribution is 2.37. The second-order valence-corrected chi connectivity index (χ2v) is 8.10. The van der Waals surface area contributed by atoms with E-state index in [1.54, 1.807) is 7.11 Å². The van der Waals surface area contributed by atoms with Gasteiger partial charge in [-0.25, -0.2) is 0 Å². The fourth-order valence-corrected chi connectivity index (χ4v) is 4.54. The maximum absolute atomic E-state index is 12.8. The summed E-state index contributed by atoms with van der Waals surface area (Å²) in [6.45, 7) is 0.561. The minimum absolute atomic E-state index is 0.249. The minimum atomic E-state index is -0.249. The van der Waals surface area contributed by atoms with E-state index in [0.29, 0.717) is 27.9 Å². The van der Waals surface area contributed by atoms with E-state index in [0.717, 1.165) is 22.3 Å². The van der Waals surface area contributed by atoms with Crippen LogP contribution in [0.1, 0.15) is 15.2 Å². The predicted octanol–water partition coefficient (Wildman–Crippen LogP) is 6.44. The number of hydrogen-bond donors (Lipinski definition) is 1. The van der Waals surface area contributed by atoms with Gasteiger partial charge >= 0.3 is 0 Å². The van der Waals surface area contributed by atoms with E-state index >= 15 is 0 Å². The van der Waals surface area contributed by atoms with Gasteiger partial charge in [-0.05, 0) is 35.9 Å². The first-order valence-corrected chi connectivity index (χ1v) is 10.7. The SMILES string of the molecule is COc1ccc2c(Cl)c(C(=O)Nc3cccc(OCCc4ccccc4)c3)sc2c1. The molecule has 0 aliphatic carbocycles. The van der Waals surface area contributed by atoms with Gasteiger partial charge in [0.15, 0.2) is 0 Å². The van der Waals surface area contributed by atoms with Crippen LogP contribution in [0.3, 0.4) is 0 Å². The number of hydrogen-bond acceptors (Lipinski definition) is 4. The van der Waals surface area contributed by atoms with Crippen LogP contribution in [0.5, 0.6) is 11.5 Å². The quantitative estimate of drug-likeness (QED) is 0.362. The molecule has 0 fully saturated rings. The van der Waals surface area contributed by atoms with Crippen molar-refractivity contribution in [3.63, 3.8) is 0 Å². The molecule has 152 valence electrons. The van der Waals surface area contributed by atoms with Crippen molar-refractivity contribution in [2.75, 3.05) is 19.0 Å². The number of fused-ring (bicyclic) bond motifs is 1. The molecule has 4 aromatic rings. The van der Waals surface area contributed by atoms with Gasteiger partial charge in [0.1, 0.15) is 16.4 Å². The Morgan fingerprint density at radius 3 is 2.63 bits per heavy atom. The van der Waals surface area contributed by atoms with E-state index < -0.39 is 0 Å². The Morgan fingerprint density at radius 2 is 1.83 bits per heavy atom. The third-order valence-electron chi connectivity index (χ3n) is 4.64. The van der Waals surface area contributed by atoms with Crippen LogP contribution in [0, 0.1) is 0 Å². The molecule has 3 aromatic carbocycles. The van der Waals surface area contributed by atoms with Gasteiger partial charge in [-0.2, -0.15) is 0 Å². The molecule has 30 heavy (non-hydrogen) atoms. The first-order valence-electron chi connectivity index (χ1n) is 9.48. The number of anilines is 1. The Hall–Kier alpha value is -3.02.